The molecule has 6 rings (SSSR count). The van der Waals surface area contributed by atoms with E-state index in [4.69, 9.17) is 13.6 Å². The zero-order valence-corrected chi connectivity index (χ0v) is 16.4. The lowest BCUT2D eigenvalue weighted by Crippen LogP contribution is -2.14. The maximum atomic E-state index is 12.8. The lowest BCUT2D eigenvalue weighted by Gasteiger charge is -2.11. The Morgan fingerprint density at radius 3 is 2.39 bits per heavy atom. The van der Waals surface area contributed by atoms with Gasteiger partial charge >= 0.3 is 11.3 Å². The van der Waals surface area contributed by atoms with Crippen molar-refractivity contribution in [3.05, 3.63) is 99.2 Å². The van der Waals surface area contributed by atoms with Gasteiger partial charge in [-0.3, -0.25) is 0 Å². The maximum absolute atomic E-state index is 12.8. The molecule has 5 aromatic rings. The highest BCUT2D eigenvalue weighted by molar-refractivity contribution is 5.97. The summed E-state index contributed by atoms with van der Waals surface area (Å²) in [6, 6.07) is 22.9. The van der Waals surface area contributed by atoms with E-state index in [-0.39, 0.29) is 5.39 Å². The zero-order valence-electron chi connectivity index (χ0n) is 16.4. The second-order valence-electron chi connectivity index (χ2n) is 7.51. The molecule has 3 heterocycles. The number of rotatable bonds is 1. The molecule has 0 atom stereocenters. The van der Waals surface area contributed by atoms with E-state index >= 15 is 0 Å². The van der Waals surface area contributed by atoms with E-state index in [1.54, 1.807) is 6.07 Å². The molecule has 150 valence electrons. The SMILES string of the molecule is O=c1oc(-c2ccccc2)cc2c3c(oc(=O)c12)-c1ccc2ccccc2c1OCC3. The van der Waals surface area contributed by atoms with Gasteiger partial charge in [0.25, 0.3) is 0 Å². The Bertz CT molecular complexity index is 1590. The van der Waals surface area contributed by atoms with E-state index < -0.39 is 11.3 Å². The van der Waals surface area contributed by atoms with Crippen molar-refractivity contribution in [3.63, 3.8) is 0 Å². The minimum absolute atomic E-state index is 0.0670. The number of hydrogen-bond donors (Lipinski definition) is 0. The Labute approximate surface area is 176 Å². The highest BCUT2D eigenvalue weighted by Gasteiger charge is 2.25. The average Bonchev–Trinajstić information content (AvgIpc) is 2.99. The van der Waals surface area contributed by atoms with E-state index in [1.165, 1.54) is 0 Å². The highest BCUT2D eigenvalue weighted by Crippen LogP contribution is 2.41. The van der Waals surface area contributed by atoms with Crippen molar-refractivity contribution in [2.75, 3.05) is 6.61 Å². The molecule has 0 fully saturated rings. The van der Waals surface area contributed by atoms with Crippen molar-refractivity contribution in [1.29, 1.82) is 0 Å². The van der Waals surface area contributed by atoms with Crippen LogP contribution in [0.3, 0.4) is 0 Å². The van der Waals surface area contributed by atoms with Crippen LogP contribution in [-0.4, -0.2) is 6.61 Å². The standard InChI is InChI=1S/C26H16O5/c27-25-22-20(14-21(30-25)16-7-2-1-3-8-16)18-12-13-29-23-17-9-5-4-6-15(17)10-11-19(23)24(18)31-26(22)28/h1-11,14H,12-13H2. The summed E-state index contributed by atoms with van der Waals surface area (Å²) in [6.45, 7) is 0.401. The molecule has 5 heteroatoms. The van der Waals surface area contributed by atoms with Gasteiger partial charge in [0, 0.05) is 28.3 Å². The van der Waals surface area contributed by atoms with Crippen molar-refractivity contribution in [2.45, 2.75) is 6.42 Å². The molecule has 0 radical (unpaired) electrons. The third-order valence-electron chi connectivity index (χ3n) is 5.73. The number of fused-ring (bicyclic) bond motifs is 7. The predicted octanol–water partition coefficient (Wildman–Crippen LogP) is 5.17. The highest BCUT2D eigenvalue weighted by atomic mass is 16.5. The Kier molecular flexibility index (Phi) is 3.83. The largest absolute Gasteiger partial charge is 0.492 e. The fourth-order valence-electron chi connectivity index (χ4n) is 4.30. The molecule has 0 saturated carbocycles. The molecule has 0 bridgehead atoms. The van der Waals surface area contributed by atoms with Crippen LogP contribution in [0.5, 0.6) is 5.75 Å². The molecule has 2 aromatic heterocycles. The van der Waals surface area contributed by atoms with Gasteiger partial charge in [-0.25, -0.2) is 9.59 Å². The number of hydrogen-bond acceptors (Lipinski definition) is 5. The molecular formula is C26H16O5. The van der Waals surface area contributed by atoms with E-state index in [2.05, 4.69) is 0 Å². The van der Waals surface area contributed by atoms with E-state index in [0.717, 1.165) is 21.9 Å². The monoisotopic (exact) mass is 408 g/mol. The minimum Gasteiger partial charge on any atom is -0.492 e. The smallest absolute Gasteiger partial charge is 0.351 e. The molecule has 0 unspecified atom stereocenters. The topological polar surface area (TPSA) is 69.7 Å². The van der Waals surface area contributed by atoms with Gasteiger partial charge < -0.3 is 13.6 Å². The molecule has 0 saturated heterocycles. The minimum atomic E-state index is -0.705. The molecule has 0 aliphatic carbocycles. The fourth-order valence-corrected chi connectivity index (χ4v) is 4.30. The number of benzene rings is 3. The quantitative estimate of drug-likeness (QED) is 0.383. The van der Waals surface area contributed by atoms with Gasteiger partial charge in [-0.05, 0) is 17.5 Å². The van der Waals surface area contributed by atoms with Crippen LogP contribution in [-0.2, 0) is 6.42 Å². The van der Waals surface area contributed by atoms with Crippen LogP contribution in [0.15, 0.2) is 91.2 Å². The third kappa shape index (κ3) is 2.70. The lowest BCUT2D eigenvalue weighted by atomic mass is 9.97. The van der Waals surface area contributed by atoms with Crippen LogP contribution < -0.4 is 16.0 Å². The van der Waals surface area contributed by atoms with Gasteiger partial charge in [0.2, 0.25) is 0 Å². The zero-order chi connectivity index (χ0) is 20.9. The summed E-state index contributed by atoms with van der Waals surface area (Å²) in [5.41, 5.74) is 0.841. The van der Waals surface area contributed by atoms with Crippen LogP contribution in [0.2, 0.25) is 0 Å². The van der Waals surface area contributed by atoms with Gasteiger partial charge in [-0.1, -0.05) is 60.7 Å². The van der Waals surface area contributed by atoms with Crippen LogP contribution in [0.4, 0.5) is 0 Å². The van der Waals surface area contributed by atoms with E-state index in [1.807, 2.05) is 66.7 Å². The summed E-state index contributed by atoms with van der Waals surface area (Å²) in [4.78, 5) is 25.6. The first kappa shape index (κ1) is 17.7. The summed E-state index contributed by atoms with van der Waals surface area (Å²) < 4.78 is 17.3. The van der Waals surface area contributed by atoms with Crippen molar-refractivity contribution in [3.8, 4) is 28.4 Å². The van der Waals surface area contributed by atoms with Crippen molar-refractivity contribution >= 4 is 21.5 Å². The first-order valence-electron chi connectivity index (χ1n) is 10.0. The van der Waals surface area contributed by atoms with E-state index in [0.29, 0.717) is 41.2 Å². The summed E-state index contributed by atoms with van der Waals surface area (Å²) in [6.07, 6.45) is 0.496. The van der Waals surface area contributed by atoms with Gasteiger partial charge in [-0.15, -0.1) is 0 Å². The van der Waals surface area contributed by atoms with E-state index in [9.17, 15) is 9.59 Å². The molecule has 31 heavy (non-hydrogen) atoms. The van der Waals surface area contributed by atoms with Crippen molar-refractivity contribution < 1.29 is 13.6 Å². The van der Waals surface area contributed by atoms with Gasteiger partial charge in [0.15, 0.2) is 5.39 Å². The summed E-state index contributed by atoms with van der Waals surface area (Å²) in [7, 11) is 0. The Morgan fingerprint density at radius 1 is 0.742 bits per heavy atom. The van der Waals surface area contributed by atoms with Gasteiger partial charge in [-0.2, -0.15) is 0 Å². The van der Waals surface area contributed by atoms with Crippen LogP contribution in [0.25, 0.3) is 44.2 Å². The molecule has 0 spiro atoms. The molecule has 3 aromatic carbocycles. The fraction of sp³-hybridized carbons (Fsp3) is 0.0769. The summed E-state index contributed by atoms with van der Waals surface area (Å²) >= 11 is 0. The molecule has 1 aliphatic heterocycles. The van der Waals surface area contributed by atoms with Crippen molar-refractivity contribution in [2.24, 2.45) is 0 Å². The average molecular weight is 408 g/mol. The summed E-state index contributed by atoms with van der Waals surface area (Å²) in [5, 5.41) is 2.47. The lowest BCUT2D eigenvalue weighted by molar-refractivity contribution is 0.330. The second-order valence-corrected chi connectivity index (χ2v) is 7.51. The van der Waals surface area contributed by atoms with Gasteiger partial charge in [0.05, 0.1) is 12.2 Å². The first-order valence-corrected chi connectivity index (χ1v) is 10.0. The van der Waals surface area contributed by atoms with Crippen LogP contribution in [0.1, 0.15) is 5.56 Å². The van der Waals surface area contributed by atoms with Crippen LogP contribution >= 0.6 is 0 Å². The first-order chi connectivity index (χ1) is 15.2. The molecule has 5 nitrogen and oxygen atoms in total. The normalized spacial score (nSPS) is 12.8. The predicted molar refractivity (Wildman–Crippen MR) is 119 cm³/mol. The van der Waals surface area contributed by atoms with Crippen LogP contribution in [0, 0.1) is 0 Å². The third-order valence-corrected chi connectivity index (χ3v) is 5.73. The maximum Gasteiger partial charge on any atom is 0.351 e. The molecule has 1 aliphatic rings. The number of ether oxygens (including phenoxy) is 1. The molecule has 0 amide bonds. The summed E-state index contributed by atoms with van der Waals surface area (Å²) in [5.74, 6) is 1.54. The Hall–Kier alpha value is -4.12. The van der Waals surface area contributed by atoms with Crippen molar-refractivity contribution in [1.82, 2.24) is 0 Å². The Balaban J connectivity index is 1.70. The molecule has 0 N–H and O–H groups in total. The second kappa shape index (κ2) is 6.71. The Morgan fingerprint density at radius 2 is 1.52 bits per heavy atom. The van der Waals surface area contributed by atoms with Gasteiger partial charge in [0.1, 0.15) is 17.3 Å². The molecular weight excluding hydrogens is 392 g/mol.